The second-order valence-corrected chi connectivity index (χ2v) is 5.83. The van der Waals surface area contributed by atoms with E-state index in [2.05, 4.69) is 15.4 Å². The number of amides is 2. The normalized spacial score (nSPS) is 11.6. The molecule has 0 unspecified atom stereocenters. The van der Waals surface area contributed by atoms with Gasteiger partial charge >= 0.3 is 12.2 Å². The molecule has 8 nitrogen and oxygen atoms in total. The van der Waals surface area contributed by atoms with Crippen molar-refractivity contribution in [2.75, 3.05) is 6.54 Å². The number of nitrogens with one attached hydrogen (secondary N) is 3. The number of aromatic nitrogens is 3. The van der Waals surface area contributed by atoms with Gasteiger partial charge in [0.05, 0.1) is 22.2 Å². The number of H-pyrrole nitrogens is 1. The number of aromatic amines is 1. The average molecular weight is 393 g/mol. The zero-order valence-corrected chi connectivity index (χ0v) is 14.6. The van der Waals surface area contributed by atoms with E-state index in [0.717, 1.165) is 23.0 Å². The number of alkyl halides is 3. The predicted octanol–water partition coefficient (Wildman–Crippen LogP) is 1.65. The van der Waals surface area contributed by atoms with Crippen molar-refractivity contribution in [2.24, 2.45) is 0 Å². The van der Waals surface area contributed by atoms with E-state index in [1.165, 1.54) is 23.6 Å². The average Bonchev–Trinajstić information content (AvgIpc) is 2.98. The van der Waals surface area contributed by atoms with E-state index < -0.39 is 23.3 Å². The molecule has 0 spiro atoms. The summed E-state index contributed by atoms with van der Waals surface area (Å²) < 4.78 is 39.2. The number of primary amides is 1. The van der Waals surface area contributed by atoms with Crippen LogP contribution in [-0.2, 0) is 6.18 Å². The lowest BCUT2D eigenvalue weighted by Gasteiger charge is -2.07. The van der Waals surface area contributed by atoms with E-state index in [9.17, 15) is 22.8 Å². The van der Waals surface area contributed by atoms with Crippen molar-refractivity contribution >= 4 is 29.0 Å². The number of quaternary nitrogens is 1. The molecule has 0 saturated carbocycles. The van der Waals surface area contributed by atoms with Gasteiger partial charge in [0.25, 0.3) is 5.56 Å². The monoisotopic (exact) mass is 393 g/mol. The summed E-state index contributed by atoms with van der Waals surface area (Å²) >= 11 is 0. The Labute approximate surface area is 155 Å². The van der Waals surface area contributed by atoms with Gasteiger partial charge in [-0.15, -0.1) is 0 Å². The molecule has 0 radical (unpaired) electrons. The van der Waals surface area contributed by atoms with E-state index in [-0.39, 0.29) is 28.0 Å². The smallest absolute Gasteiger partial charge is 0.308 e. The van der Waals surface area contributed by atoms with E-state index in [4.69, 9.17) is 5.41 Å². The molecule has 11 heteroatoms. The fourth-order valence-corrected chi connectivity index (χ4v) is 2.70. The summed E-state index contributed by atoms with van der Waals surface area (Å²) in [5, 5.41) is 14.3. The number of rotatable bonds is 4. The molecule has 0 aliphatic heterocycles. The van der Waals surface area contributed by atoms with E-state index in [1.54, 1.807) is 6.92 Å². The molecule has 0 fully saturated rings. The summed E-state index contributed by atoms with van der Waals surface area (Å²) in [4.78, 5) is 28.5. The molecule has 0 atom stereocenters. The molecule has 2 aromatic heterocycles. The second kappa shape index (κ2) is 7.27. The van der Waals surface area contributed by atoms with Crippen LogP contribution in [0.3, 0.4) is 0 Å². The number of hydrogen-bond donors (Lipinski definition) is 4. The summed E-state index contributed by atoms with van der Waals surface area (Å²) in [5.41, 5.74) is -0.702. The van der Waals surface area contributed by atoms with Gasteiger partial charge in [-0.3, -0.25) is 9.89 Å². The SMILES string of the molecule is CCNC(=O)[NH2+]c1ncc2c(=O)n(-c3ccc(C(F)(F)F)cc3)[nH]c2c1C=N. The third kappa shape index (κ3) is 3.51. The maximum atomic E-state index is 12.7. The maximum absolute atomic E-state index is 12.7. The number of halogens is 3. The molecular formula is C17H16F3N6O2+. The molecule has 3 rings (SSSR count). The Morgan fingerprint density at radius 3 is 2.61 bits per heavy atom. The summed E-state index contributed by atoms with van der Waals surface area (Å²) in [5.74, 6) is 0.189. The topological polar surface area (TPSA) is 120 Å². The summed E-state index contributed by atoms with van der Waals surface area (Å²) in [6, 6.07) is 3.67. The van der Waals surface area contributed by atoms with Gasteiger partial charge in [-0.05, 0) is 31.2 Å². The number of nitrogens with two attached hydrogens (primary N) is 1. The summed E-state index contributed by atoms with van der Waals surface area (Å²) in [6.07, 6.45) is -2.27. The van der Waals surface area contributed by atoms with Gasteiger partial charge in [0, 0.05) is 19.0 Å². The molecular weight excluding hydrogens is 377 g/mol. The first-order valence-corrected chi connectivity index (χ1v) is 8.20. The van der Waals surface area contributed by atoms with Gasteiger partial charge in [-0.25, -0.2) is 19.8 Å². The van der Waals surface area contributed by atoms with Crippen molar-refractivity contribution in [3.63, 3.8) is 0 Å². The van der Waals surface area contributed by atoms with Crippen molar-refractivity contribution < 1.29 is 23.3 Å². The van der Waals surface area contributed by atoms with Crippen molar-refractivity contribution in [1.29, 1.82) is 5.41 Å². The zero-order valence-electron chi connectivity index (χ0n) is 14.6. The number of hydrogen-bond acceptors (Lipinski definition) is 4. The molecule has 1 aromatic carbocycles. The molecule has 5 N–H and O–H groups in total. The first-order chi connectivity index (χ1) is 13.3. The minimum absolute atomic E-state index is 0.145. The van der Waals surface area contributed by atoms with Crippen LogP contribution in [0, 0.1) is 5.41 Å². The molecule has 2 heterocycles. The largest absolute Gasteiger partial charge is 0.419 e. The van der Waals surface area contributed by atoms with Crippen LogP contribution in [0.25, 0.3) is 16.6 Å². The van der Waals surface area contributed by atoms with Crippen molar-refractivity contribution in [2.45, 2.75) is 13.1 Å². The first-order valence-electron chi connectivity index (χ1n) is 8.20. The minimum Gasteiger partial charge on any atom is -0.308 e. The van der Waals surface area contributed by atoms with Crippen molar-refractivity contribution in [3.8, 4) is 5.69 Å². The Balaban J connectivity index is 2.09. The van der Waals surface area contributed by atoms with Crippen LogP contribution in [0.1, 0.15) is 18.1 Å². The number of urea groups is 1. The van der Waals surface area contributed by atoms with Crippen LogP contribution in [0.15, 0.2) is 35.3 Å². The van der Waals surface area contributed by atoms with Gasteiger partial charge < -0.3 is 10.7 Å². The molecule has 0 aliphatic rings. The zero-order chi connectivity index (χ0) is 20.5. The number of pyridine rings is 1. The van der Waals surface area contributed by atoms with E-state index in [1.807, 2.05) is 0 Å². The highest BCUT2D eigenvalue weighted by atomic mass is 19.4. The molecule has 146 valence electrons. The Morgan fingerprint density at radius 1 is 1.36 bits per heavy atom. The van der Waals surface area contributed by atoms with Crippen LogP contribution in [0.2, 0.25) is 0 Å². The van der Waals surface area contributed by atoms with Crippen LogP contribution < -0.4 is 16.2 Å². The third-order valence-corrected chi connectivity index (χ3v) is 4.02. The lowest BCUT2D eigenvalue weighted by molar-refractivity contribution is -0.469. The van der Waals surface area contributed by atoms with Gasteiger partial charge in [0.2, 0.25) is 5.82 Å². The van der Waals surface area contributed by atoms with Gasteiger partial charge in [0.1, 0.15) is 5.56 Å². The molecule has 0 bridgehead atoms. The van der Waals surface area contributed by atoms with Gasteiger partial charge in [-0.1, -0.05) is 0 Å². The molecule has 0 saturated heterocycles. The Hall–Kier alpha value is -3.47. The second-order valence-electron chi connectivity index (χ2n) is 5.83. The molecule has 28 heavy (non-hydrogen) atoms. The van der Waals surface area contributed by atoms with Crippen LogP contribution in [-0.4, -0.2) is 33.6 Å². The van der Waals surface area contributed by atoms with Gasteiger partial charge in [0.15, 0.2) is 0 Å². The number of carbonyl (C=O) groups excluding carboxylic acids is 1. The fourth-order valence-electron chi connectivity index (χ4n) is 2.70. The minimum atomic E-state index is -4.48. The van der Waals surface area contributed by atoms with Gasteiger partial charge in [-0.2, -0.15) is 13.2 Å². The molecule has 3 aromatic rings. The van der Waals surface area contributed by atoms with Crippen LogP contribution >= 0.6 is 0 Å². The number of nitrogens with zero attached hydrogens (tertiary/aromatic N) is 2. The van der Waals surface area contributed by atoms with Crippen molar-refractivity contribution in [3.05, 3.63) is 51.9 Å². The number of benzene rings is 1. The Kier molecular flexibility index (Phi) is 5.01. The molecule has 2 amide bonds. The summed E-state index contributed by atoms with van der Waals surface area (Å²) in [7, 11) is 0. The highest BCUT2D eigenvalue weighted by Crippen LogP contribution is 2.29. The highest BCUT2D eigenvalue weighted by molar-refractivity contribution is 5.99. The quantitative estimate of drug-likeness (QED) is 0.505. The first kappa shape index (κ1) is 19.3. The third-order valence-electron chi connectivity index (χ3n) is 4.02. The van der Waals surface area contributed by atoms with E-state index >= 15 is 0 Å². The fraction of sp³-hybridized carbons (Fsp3) is 0.176. The van der Waals surface area contributed by atoms with E-state index in [0.29, 0.717) is 6.54 Å². The predicted molar refractivity (Wildman–Crippen MR) is 95.2 cm³/mol. The molecule has 0 aliphatic carbocycles. The summed E-state index contributed by atoms with van der Waals surface area (Å²) in [6.45, 7) is 2.17. The maximum Gasteiger partial charge on any atom is 0.419 e. The van der Waals surface area contributed by atoms with Crippen LogP contribution in [0.5, 0.6) is 0 Å². The van der Waals surface area contributed by atoms with Crippen LogP contribution in [0.4, 0.5) is 23.8 Å². The Bertz CT molecular complexity index is 1100. The lowest BCUT2D eigenvalue weighted by Crippen LogP contribution is -2.86. The van der Waals surface area contributed by atoms with Crippen molar-refractivity contribution in [1.82, 2.24) is 20.1 Å². The number of fused-ring (bicyclic) bond motifs is 1. The Morgan fingerprint density at radius 2 is 2.04 bits per heavy atom. The lowest BCUT2D eigenvalue weighted by atomic mass is 10.2. The highest BCUT2D eigenvalue weighted by Gasteiger charge is 2.30. The number of carbonyl (C=O) groups is 1. The standard InChI is InChI=1S/C17H15F3N6O2/c1-2-22-16(28)24-14-11(7-21)13-12(8-23-14)15(27)26(25-13)10-5-3-9(4-6-10)17(18,19)20/h3-8,21,25H,2H2,1H3,(H2,22,23,24,28)/p+1.